The van der Waals surface area contributed by atoms with E-state index in [1.807, 2.05) is 12.1 Å². The normalized spacial score (nSPS) is 20.4. The average Bonchev–Trinajstić information content (AvgIpc) is 2.58. The molecule has 24 heavy (non-hydrogen) atoms. The topological polar surface area (TPSA) is 66.8 Å². The van der Waals surface area contributed by atoms with Gasteiger partial charge in [0.2, 0.25) is 5.91 Å². The van der Waals surface area contributed by atoms with Crippen molar-refractivity contribution in [3.63, 3.8) is 0 Å². The molecule has 0 spiro atoms. The standard InChI is InChI=1S/C18H24ClNO4/c1-20(10-3-11-24-16-5-2-4-15(19)12-16)17(21)13-6-8-14(9-7-13)18(22)23/h2,4-5,12-14H,3,6-11H2,1H3,(H,22,23). The fourth-order valence-electron chi connectivity index (χ4n) is 3.06. The van der Waals surface area contributed by atoms with E-state index in [2.05, 4.69) is 0 Å². The summed E-state index contributed by atoms with van der Waals surface area (Å²) in [7, 11) is 1.80. The Bertz CT molecular complexity index is 570. The van der Waals surface area contributed by atoms with Crippen LogP contribution >= 0.6 is 11.6 Å². The highest BCUT2D eigenvalue weighted by Gasteiger charge is 2.30. The molecular formula is C18H24ClNO4. The van der Waals surface area contributed by atoms with Gasteiger partial charge >= 0.3 is 5.97 Å². The van der Waals surface area contributed by atoms with Crippen molar-refractivity contribution in [2.24, 2.45) is 11.8 Å². The lowest BCUT2D eigenvalue weighted by Crippen LogP contribution is -2.36. The van der Waals surface area contributed by atoms with E-state index in [-0.39, 0.29) is 17.7 Å². The lowest BCUT2D eigenvalue weighted by atomic mass is 9.81. The number of amides is 1. The number of carboxylic acids is 1. The van der Waals surface area contributed by atoms with Crippen LogP contribution in [0.3, 0.4) is 0 Å². The highest BCUT2D eigenvalue weighted by molar-refractivity contribution is 6.30. The van der Waals surface area contributed by atoms with E-state index in [1.165, 1.54) is 0 Å². The summed E-state index contributed by atoms with van der Waals surface area (Å²) in [6.07, 6.45) is 3.26. The minimum absolute atomic E-state index is 0.0422. The Balaban J connectivity index is 1.68. The number of benzene rings is 1. The lowest BCUT2D eigenvalue weighted by molar-refractivity contribution is -0.145. The van der Waals surface area contributed by atoms with Crippen molar-refractivity contribution in [1.29, 1.82) is 0 Å². The number of rotatable bonds is 7. The van der Waals surface area contributed by atoms with Gasteiger partial charge in [0.05, 0.1) is 12.5 Å². The van der Waals surface area contributed by atoms with Gasteiger partial charge in [0, 0.05) is 24.5 Å². The Labute approximate surface area is 147 Å². The molecule has 1 amide bonds. The number of hydrogen-bond acceptors (Lipinski definition) is 3. The molecule has 1 aromatic carbocycles. The van der Waals surface area contributed by atoms with Crippen LogP contribution in [0.2, 0.25) is 5.02 Å². The first kappa shape index (κ1) is 18.6. The maximum atomic E-state index is 12.4. The number of carbonyl (C=O) groups is 2. The van der Waals surface area contributed by atoms with E-state index in [1.54, 1.807) is 24.1 Å². The first-order chi connectivity index (χ1) is 11.5. The van der Waals surface area contributed by atoms with Crippen molar-refractivity contribution in [3.8, 4) is 5.75 Å². The molecule has 0 unspecified atom stereocenters. The van der Waals surface area contributed by atoms with Crippen molar-refractivity contribution in [3.05, 3.63) is 29.3 Å². The predicted octanol–water partition coefficient (Wildman–Crippen LogP) is 3.46. The number of hydrogen-bond donors (Lipinski definition) is 1. The third-order valence-corrected chi connectivity index (χ3v) is 4.74. The van der Waals surface area contributed by atoms with Crippen LogP contribution in [0.25, 0.3) is 0 Å². The number of carboxylic acid groups (broad SMARTS) is 1. The maximum Gasteiger partial charge on any atom is 0.306 e. The summed E-state index contributed by atoms with van der Waals surface area (Å²) in [6, 6.07) is 7.24. The molecule has 2 rings (SSSR count). The Morgan fingerprint density at radius 2 is 1.92 bits per heavy atom. The van der Waals surface area contributed by atoms with Crippen LogP contribution in [0.5, 0.6) is 5.75 Å². The Hall–Kier alpha value is -1.75. The Morgan fingerprint density at radius 1 is 1.25 bits per heavy atom. The van der Waals surface area contributed by atoms with E-state index in [4.69, 9.17) is 21.4 Å². The molecule has 1 fully saturated rings. The largest absolute Gasteiger partial charge is 0.493 e. The zero-order valence-corrected chi connectivity index (χ0v) is 14.7. The van der Waals surface area contributed by atoms with E-state index < -0.39 is 5.97 Å². The minimum Gasteiger partial charge on any atom is -0.493 e. The monoisotopic (exact) mass is 353 g/mol. The zero-order valence-electron chi connectivity index (χ0n) is 13.9. The fourth-order valence-corrected chi connectivity index (χ4v) is 3.24. The van der Waals surface area contributed by atoms with E-state index in [9.17, 15) is 9.59 Å². The summed E-state index contributed by atoms with van der Waals surface area (Å²) in [5, 5.41) is 9.65. The summed E-state index contributed by atoms with van der Waals surface area (Å²) in [5.41, 5.74) is 0. The molecule has 0 aromatic heterocycles. The van der Waals surface area contributed by atoms with Gasteiger partial charge in [-0.2, -0.15) is 0 Å². The average molecular weight is 354 g/mol. The van der Waals surface area contributed by atoms with E-state index >= 15 is 0 Å². The third-order valence-electron chi connectivity index (χ3n) is 4.50. The predicted molar refractivity (Wildman–Crippen MR) is 92.3 cm³/mol. The van der Waals surface area contributed by atoms with Crippen LogP contribution in [-0.4, -0.2) is 42.1 Å². The summed E-state index contributed by atoms with van der Waals surface area (Å²) in [6.45, 7) is 1.14. The molecule has 0 atom stereocenters. The second-order valence-electron chi connectivity index (χ2n) is 6.31. The van der Waals surface area contributed by atoms with Gasteiger partial charge in [-0.15, -0.1) is 0 Å². The number of nitrogens with zero attached hydrogens (tertiary/aromatic N) is 1. The van der Waals surface area contributed by atoms with Crippen LogP contribution in [-0.2, 0) is 9.59 Å². The second kappa shape index (κ2) is 8.92. The first-order valence-corrected chi connectivity index (χ1v) is 8.71. The number of ether oxygens (including phenoxy) is 1. The molecule has 0 bridgehead atoms. The van der Waals surface area contributed by atoms with Gasteiger partial charge in [-0.25, -0.2) is 0 Å². The smallest absolute Gasteiger partial charge is 0.306 e. The van der Waals surface area contributed by atoms with Crippen molar-refractivity contribution in [2.75, 3.05) is 20.2 Å². The molecule has 6 heteroatoms. The summed E-state index contributed by atoms with van der Waals surface area (Å²) in [5.74, 6) is -0.234. The summed E-state index contributed by atoms with van der Waals surface area (Å²) < 4.78 is 5.62. The number of halogens is 1. The van der Waals surface area contributed by atoms with Crippen LogP contribution in [0.1, 0.15) is 32.1 Å². The molecule has 1 aliphatic carbocycles. The van der Waals surface area contributed by atoms with Crippen LogP contribution in [0.4, 0.5) is 0 Å². The SMILES string of the molecule is CN(CCCOc1cccc(Cl)c1)C(=O)C1CCC(C(=O)O)CC1. The molecule has 0 heterocycles. The van der Waals surface area contributed by atoms with E-state index in [0.29, 0.717) is 43.9 Å². The van der Waals surface area contributed by atoms with Crippen LogP contribution in [0, 0.1) is 11.8 Å². The second-order valence-corrected chi connectivity index (χ2v) is 6.74. The molecule has 0 aliphatic heterocycles. The molecule has 0 radical (unpaired) electrons. The summed E-state index contributed by atoms with van der Waals surface area (Å²) >= 11 is 5.90. The van der Waals surface area contributed by atoms with Crippen molar-refractivity contribution in [2.45, 2.75) is 32.1 Å². The van der Waals surface area contributed by atoms with Crippen LogP contribution < -0.4 is 4.74 Å². The number of carbonyl (C=O) groups excluding carboxylic acids is 1. The maximum absolute atomic E-state index is 12.4. The van der Waals surface area contributed by atoms with Gasteiger partial charge < -0.3 is 14.7 Å². The van der Waals surface area contributed by atoms with Gasteiger partial charge in [0.15, 0.2) is 0 Å². The number of aliphatic carboxylic acids is 1. The molecular weight excluding hydrogens is 330 g/mol. The fraction of sp³-hybridized carbons (Fsp3) is 0.556. The molecule has 0 saturated heterocycles. The van der Waals surface area contributed by atoms with Gasteiger partial charge in [-0.05, 0) is 50.3 Å². The van der Waals surface area contributed by atoms with Crippen molar-refractivity contribution in [1.82, 2.24) is 4.90 Å². The van der Waals surface area contributed by atoms with Crippen molar-refractivity contribution >= 4 is 23.5 Å². The Morgan fingerprint density at radius 3 is 2.54 bits per heavy atom. The van der Waals surface area contributed by atoms with Gasteiger partial charge in [0.1, 0.15) is 5.75 Å². The van der Waals surface area contributed by atoms with Crippen LogP contribution in [0.15, 0.2) is 24.3 Å². The zero-order chi connectivity index (χ0) is 17.5. The van der Waals surface area contributed by atoms with E-state index in [0.717, 1.165) is 12.2 Å². The molecule has 1 aromatic rings. The molecule has 1 N–H and O–H groups in total. The highest BCUT2D eigenvalue weighted by atomic mass is 35.5. The van der Waals surface area contributed by atoms with Gasteiger partial charge in [0.25, 0.3) is 0 Å². The van der Waals surface area contributed by atoms with Crippen molar-refractivity contribution < 1.29 is 19.4 Å². The van der Waals surface area contributed by atoms with Gasteiger partial charge in [-0.3, -0.25) is 9.59 Å². The quantitative estimate of drug-likeness (QED) is 0.762. The highest BCUT2D eigenvalue weighted by Crippen LogP contribution is 2.30. The molecule has 5 nitrogen and oxygen atoms in total. The lowest BCUT2D eigenvalue weighted by Gasteiger charge is -2.29. The van der Waals surface area contributed by atoms with Gasteiger partial charge in [-0.1, -0.05) is 17.7 Å². The molecule has 1 saturated carbocycles. The molecule has 1 aliphatic rings. The Kier molecular flexibility index (Phi) is 6.91. The summed E-state index contributed by atoms with van der Waals surface area (Å²) in [4.78, 5) is 25.1. The minimum atomic E-state index is -0.743. The molecule has 132 valence electrons. The first-order valence-electron chi connectivity index (χ1n) is 8.33. The third kappa shape index (κ3) is 5.41.